The van der Waals surface area contributed by atoms with Crippen LogP contribution >= 0.6 is 0 Å². The second kappa shape index (κ2) is 7.32. The summed E-state index contributed by atoms with van der Waals surface area (Å²) in [6.45, 7) is 3.61. The maximum atomic E-state index is 12.8. The number of nitrogens with zero attached hydrogens (tertiary/aromatic N) is 5. The van der Waals surface area contributed by atoms with Gasteiger partial charge in [0, 0.05) is 12.6 Å². The van der Waals surface area contributed by atoms with Crippen LogP contribution in [0.5, 0.6) is 5.75 Å². The summed E-state index contributed by atoms with van der Waals surface area (Å²) in [6.07, 6.45) is -2.58. The summed E-state index contributed by atoms with van der Waals surface area (Å²) in [6, 6.07) is 8.18. The van der Waals surface area contributed by atoms with Gasteiger partial charge in [0.05, 0.1) is 0 Å². The Morgan fingerprint density at radius 2 is 1.83 bits per heavy atom. The summed E-state index contributed by atoms with van der Waals surface area (Å²) in [7, 11) is 0. The van der Waals surface area contributed by atoms with E-state index in [2.05, 4.69) is 20.0 Å². The summed E-state index contributed by atoms with van der Waals surface area (Å²) >= 11 is 0. The van der Waals surface area contributed by atoms with E-state index in [1.54, 1.807) is 25.3 Å². The van der Waals surface area contributed by atoms with Crippen molar-refractivity contribution >= 4 is 5.65 Å². The largest absolute Gasteiger partial charge is 0.573 e. The zero-order chi connectivity index (χ0) is 21.5. The molecule has 30 heavy (non-hydrogen) atoms. The molecule has 0 aliphatic heterocycles. The number of fused-ring (bicyclic) bond motifs is 1. The Balaban J connectivity index is 1.66. The van der Waals surface area contributed by atoms with Crippen molar-refractivity contribution in [3.63, 3.8) is 0 Å². The lowest BCUT2D eigenvalue weighted by Crippen LogP contribution is -2.25. The number of ether oxygens (including phenoxy) is 1. The predicted octanol–water partition coefficient (Wildman–Crippen LogP) is 3.62. The van der Waals surface area contributed by atoms with E-state index in [1.807, 2.05) is 6.92 Å². The Morgan fingerprint density at radius 1 is 1.13 bits per heavy atom. The molecule has 0 aliphatic carbocycles. The zero-order valence-corrected chi connectivity index (χ0v) is 15.9. The van der Waals surface area contributed by atoms with E-state index in [1.165, 1.54) is 33.3 Å². The smallest absolute Gasteiger partial charge is 0.406 e. The van der Waals surface area contributed by atoms with E-state index < -0.39 is 18.1 Å². The Kier molecular flexibility index (Phi) is 4.80. The predicted molar refractivity (Wildman–Crippen MR) is 99.1 cm³/mol. The Morgan fingerprint density at radius 3 is 2.47 bits per heavy atom. The number of aromatic nitrogens is 5. The molecule has 0 fully saturated rings. The molecule has 3 heterocycles. The molecule has 156 valence electrons. The number of hydrogen-bond acceptors (Lipinski definition) is 6. The van der Waals surface area contributed by atoms with Crippen molar-refractivity contribution in [2.24, 2.45) is 0 Å². The fourth-order valence-electron chi connectivity index (χ4n) is 2.95. The zero-order valence-electron chi connectivity index (χ0n) is 15.9. The molecule has 1 aromatic carbocycles. The monoisotopic (exact) mass is 419 g/mol. The quantitative estimate of drug-likeness (QED) is 0.491. The molecule has 0 bridgehead atoms. The van der Waals surface area contributed by atoms with Gasteiger partial charge in [0.25, 0.3) is 5.89 Å². The normalized spacial score (nSPS) is 13.0. The van der Waals surface area contributed by atoms with Crippen LogP contribution in [-0.2, 0) is 6.42 Å². The lowest BCUT2D eigenvalue weighted by molar-refractivity contribution is -0.274. The first kappa shape index (κ1) is 19.7. The molecular formula is C19H16F3N5O3. The second-order valence-electron chi connectivity index (χ2n) is 6.52. The fraction of sp³-hybridized carbons (Fsp3) is 0.263. The fourth-order valence-corrected chi connectivity index (χ4v) is 2.95. The van der Waals surface area contributed by atoms with Crippen LogP contribution in [0.25, 0.3) is 16.8 Å². The molecule has 0 radical (unpaired) electrons. The Labute approximate surface area is 167 Å². The van der Waals surface area contributed by atoms with Crippen molar-refractivity contribution in [2.75, 3.05) is 0 Å². The molecule has 4 aromatic rings. The number of benzene rings is 1. The third kappa shape index (κ3) is 3.78. The highest BCUT2D eigenvalue weighted by molar-refractivity contribution is 5.65. The molecule has 1 unspecified atom stereocenters. The van der Waals surface area contributed by atoms with Crippen molar-refractivity contribution in [1.82, 2.24) is 24.3 Å². The average molecular weight is 419 g/mol. The third-order valence-corrected chi connectivity index (χ3v) is 4.48. The summed E-state index contributed by atoms with van der Waals surface area (Å²) in [5.74, 6) is 0.490. The lowest BCUT2D eigenvalue weighted by atomic mass is 10.1. The van der Waals surface area contributed by atoms with Crippen LogP contribution in [0.3, 0.4) is 0 Å². The van der Waals surface area contributed by atoms with E-state index in [0.717, 1.165) is 0 Å². The second-order valence-corrected chi connectivity index (χ2v) is 6.52. The van der Waals surface area contributed by atoms with Gasteiger partial charge in [-0.2, -0.15) is 4.98 Å². The van der Waals surface area contributed by atoms with E-state index in [-0.39, 0.29) is 11.6 Å². The molecular weight excluding hydrogens is 403 g/mol. The molecule has 0 saturated carbocycles. The molecule has 8 nitrogen and oxygen atoms in total. The molecule has 0 aliphatic rings. The van der Waals surface area contributed by atoms with Crippen LogP contribution in [0, 0.1) is 0 Å². The van der Waals surface area contributed by atoms with Crippen molar-refractivity contribution < 1.29 is 22.4 Å². The van der Waals surface area contributed by atoms with Crippen molar-refractivity contribution in [3.8, 4) is 16.9 Å². The molecule has 0 amide bonds. The van der Waals surface area contributed by atoms with Crippen molar-refractivity contribution in [1.29, 1.82) is 0 Å². The molecule has 1 atom stereocenters. The number of hydrogen-bond donors (Lipinski definition) is 0. The van der Waals surface area contributed by atoms with Crippen LogP contribution in [0.4, 0.5) is 13.2 Å². The van der Waals surface area contributed by atoms with Gasteiger partial charge in [-0.25, -0.2) is 13.9 Å². The standard InChI is InChI=1S/C19H16F3N5O3/c1-3-15-23-17(30-25-15)11(2)27-18(28)26-10-13(6-9-16(26)24-27)12-4-7-14(8-5-12)29-19(20,21)22/h4-11H,3H2,1-2H3. The SMILES string of the molecule is CCc1noc(C(C)n2nc3ccc(-c4ccc(OC(F)(F)F)cc4)cn3c2=O)n1. The van der Waals surface area contributed by atoms with Gasteiger partial charge < -0.3 is 9.26 Å². The van der Waals surface area contributed by atoms with Gasteiger partial charge in [0.1, 0.15) is 11.8 Å². The molecule has 0 N–H and O–H groups in total. The maximum Gasteiger partial charge on any atom is 0.573 e. The molecule has 4 rings (SSSR count). The first-order valence-electron chi connectivity index (χ1n) is 9.05. The third-order valence-electron chi connectivity index (χ3n) is 4.48. The van der Waals surface area contributed by atoms with E-state index >= 15 is 0 Å². The Hall–Kier alpha value is -3.63. The number of alkyl halides is 3. The van der Waals surface area contributed by atoms with E-state index in [9.17, 15) is 18.0 Å². The van der Waals surface area contributed by atoms with Crippen LogP contribution in [-0.4, -0.2) is 30.7 Å². The molecule has 3 aromatic heterocycles. The van der Waals surface area contributed by atoms with Gasteiger partial charge in [-0.15, -0.1) is 18.3 Å². The molecule has 0 spiro atoms. The van der Waals surface area contributed by atoms with Crippen LogP contribution < -0.4 is 10.4 Å². The van der Waals surface area contributed by atoms with Crippen LogP contribution in [0.1, 0.15) is 31.6 Å². The number of aryl methyl sites for hydroxylation is 1. The minimum Gasteiger partial charge on any atom is -0.406 e. The first-order chi connectivity index (χ1) is 14.2. The number of pyridine rings is 1. The van der Waals surface area contributed by atoms with Gasteiger partial charge in [0.2, 0.25) is 0 Å². The minimum atomic E-state index is -4.75. The summed E-state index contributed by atoms with van der Waals surface area (Å²) in [5.41, 5.74) is 1.24. The lowest BCUT2D eigenvalue weighted by Gasteiger charge is -2.09. The highest BCUT2D eigenvalue weighted by atomic mass is 19.4. The minimum absolute atomic E-state index is 0.276. The Bertz CT molecular complexity index is 1240. The van der Waals surface area contributed by atoms with Gasteiger partial charge in [-0.05, 0) is 42.3 Å². The number of halogens is 3. The number of rotatable bonds is 5. The van der Waals surface area contributed by atoms with Gasteiger partial charge >= 0.3 is 12.1 Å². The highest BCUT2D eigenvalue weighted by Gasteiger charge is 2.31. The summed E-state index contributed by atoms with van der Waals surface area (Å²) in [4.78, 5) is 17.1. The van der Waals surface area contributed by atoms with Crippen molar-refractivity contribution in [2.45, 2.75) is 32.7 Å². The van der Waals surface area contributed by atoms with E-state index in [0.29, 0.717) is 29.0 Å². The van der Waals surface area contributed by atoms with Crippen LogP contribution in [0.15, 0.2) is 51.9 Å². The highest BCUT2D eigenvalue weighted by Crippen LogP contribution is 2.26. The first-order valence-corrected chi connectivity index (χ1v) is 9.05. The topological polar surface area (TPSA) is 87.5 Å². The van der Waals surface area contributed by atoms with E-state index in [4.69, 9.17) is 4.52 Å². The molecule has 11 heteroatoms. The maximum absolute atomic E-state index is 12.8. The average Bonchev–Trinajstić information content (AvgIpc) is 3.32. The van der Waals surface area contributed by atoms with Gasteiger partial charge in [-0.1, -0.05) is 24.2 Å². The van der Waals surface area contributed by atoms with Crippen molar-refractivity contribution in [3.05, 3.63) is 64.8 Å². The van der Waals surface area contributed by atoms with Gasteiger partial charge in [0.15, 0.2) is 11.5 Å². The molecule has 0 saturated heterocycles. The van der Waals surface area contributed by atoms with Crippen LogP contribution in [0.2, 0.25) is 0 Å². The summed E-state index contributed by atoms with van der Waals surface area (Å²) in [5, 5.41) is 8.14. The summed E-state index contributed by atoms with van der Waals surface area (Å²) < 4.78 is 48.6. The van der Waals surface area contributed by atoms with Gasteiger partial charge in [-0.3, -0.25) is 0 Å².